The first-order valence-electron chi connectivity index (χ1n) is 8.39. The third-order valence-corrected chi connectivity index (χ3v) is 4.40. The minimum absolute atomic E-state index is 0.0479. The van der Waals surface area contributed by atoms with E-state index in [2.05, 4.69) is 64.1 Å². The van der Waals surface area contributed by atoms with E-state index in [1.807, 2.05) is 10.6 Å². The van der Waals surface area contributed by atoms with Gasteiger partial charge in [-0.1, -0.05) is 37.3 Å². The maximum atomic E-state index is 6.17. The van der Waals surface area contributed by atoms with Gasteiger partial charge in [-0.25, -0.2) is 4.98 Å². The first-order valence-corrected chi connectivity index (χ1v) is 8.39. The normalized spacial score (nSPS) is 21.3. The van der Waals surface area contributed by atoms with E-state index in [0.29, 0.717) is 5.78 Å². The van der Waals surface area contributed by atoms with Crippen LogP contribution in [0.25, 0.3) is 5.78 Å². The summed E-state index contributed by atoms with van der Waals surface area (Å²) in [5, 5.41) is 4.35. The Kier molecular flexibility index (Phi) is 3.90. The molecule has 2 aromatic heterocycles. The zero-order valence-electron chi connectivity index (χ0n) is 14.0. The average Bonchev–Trinajstić information content (AvgIpc) is 3.09. The fourth-order valence-corrected chi connectivity index (χ4v) is 3.24. The summed E-state index contributed by atoms with van der Waals surface area (Å²) >= 11 is 0. The van der Waals surface area contributed by atoms with Crippen LogP contribution in [0.5, 0.6) is 0 Å². The zero-order chi connectivity index (χ0) is 16.5. The number of ether oxygens (including phenoxy) is 1. The van der Waals surface area contributed by atoms with E-state index in [1.54, 1.807) is 6.33 Å². The van der Waals surface area contributed by atoms with Crippen LogP contribution in [0.2, 0.25) is 0 Å². The van der Waals surface area contributed by atoms with Crippen molar-refractivity contribution < 1.29 is 4.74 Å². The second-order valence-corrected chi connectivity index (χ2v) is 6.18. The summed E-state index contributed by atoms with van der Waals surface area (Å²) in [6.07, 6.45) is 2.62. The molecular formula is C18H21N5O. The lowest BCUT2D eigenvalue weighted by molar-refractivity contribution is -0.0177. The van der Waals surface area contributed by atoms with Gasteiger partial charge in [0.25, 0.3) is 5.78 Å². The Bertz CT molecular complexity index is 832. The lowest BCUT2D eigenvalue weighted by Crippen LogP contribution is -2.43. The van der Waals surface area contributed by atoms with Gasteiger partial charge < -0.3 is 9.64 Å². The summed E-state index contributed by atoms with van der Waals surface area (Å²) < 4.78 is 7.99. The monoisotopic (exact) mass is 323 g/mol. The third-order valence-electron chi connectivity index (χ3n) is 4.40. The van der Waals surface area contributed by atoms with E-state index in [4.69, 9.17) is 4.74 Å². The van der Waals surface area contributed by atoms with Crippen molar-refractivity contribution in [3.05, 3.63) is 54.0 Å². The average molecular weight is 323 g/mol. The molecule has 6 nitrogen and oxygen atoms in total. The molecule has 6 heteroatoms. The van der Waals surface area contributed by atoms with E-state index in [1.165, 1.54) is 5.56 Å². The number of anilines is 1. The highest BCUT2D eigenvalue weighted by Gasteiger charge is 2.28. The summed E-state index contributed by atoms with van der Waals surface area (Å²) in [5.74, 6) is 1.69. The molecule has 0 saturated carbocycles. The molecule has 0 aliphatic carbocycles. The van der Waals surface area contributed by atoms with Crippen LogP contribution in [-0.4, -0.2) is 38.8 Å². The van der Waals surface area contributed by atoms with Crippen LogP contribution in [0.15, 0.2) is 42.7 Å². The molecule has 24 heavy (non-hydrogen) atoms. The van der Waals surface area contributed by atoms with Crippen LogP contribution in [0.3, 0.4) is 0 Å². The quantitative estimate of drug-likeness (QED) is 0.742. The van der Waals surface area contributed by atoms with E-state index in [-0.39, 0.29) is 12.2 Å². The molecule has 1 saturated heterocycles. The number of hydrogen-bond acceptors (Lipinski definition) is 5. The van der Waals surface area contributed by atoms with Crippen LogP contribution in [-0.2, 0) is 11.2 Å². The Morgan fingerprint density at radius 3 is 2.83 bits per heavy atom. The number of rotatable bonds is 3. The molecule has 0 spiro atoms. The van der Waals surface area contributed by atoms with Gasteiger partial charge >= 0.3 is 0 Å². The number of aromatic nitrogens is 4. The van der Waals surface area contributed by atoms with Crippen LogP contribution in [0.1, 0.15) is 31.2 Å². The molecule has 1 aliphatic heterocycles. The Labute approximate surface area is 141 Å². The minimum Gasteiger partial charge on any atom is -0.367 e. The number of aryl methyl sites for hydroxylation is 1. The Morgan fingerprint density at radius 2 is 2.04 bits per heavy atom. The van der Waals surface area contributed by atoms with Crippen LogP contribution in [0.4, 0.5) is 5.82 Å². The number of hydrogen-bond donors (Lipinski definition) is 0. The lowest BCUT2D eigenvalue weighted by Gasteiger charge is -2.38. The highest BCUT2D eigenvalue weighted by Crippen LogP contribution is 2.29. The molecule has 1 aromatic carbocycles. The topological polar surface area (TPSA) is 55.6 Å². The number of nitrogens with zero attached hydrogens (tertiary/aromatic N) is 5. The van der Waals surface area contributed by atoms with Crippen molar-refractivity contribution in [1.82, 2.24) is 19.6 Å². The zero-order valence-corrected chi connectivity index (χ0v) is 14.0. The third kappa shape index (κ3) is 2.73. The maximum Gasteiger partial charge on any atom is 0.254 e. The van der Waals surface area contributed by atoms with Crippen molar-refractivity contribution in [3.8, 4) is 0 Å². The predicted molar refractivity (Wildman–Crippen MR) is 92.1 cm³/mol. The number of fused-ring (bicyclic) bond motifs is 1. The molecule has 4 rings (SSSR count). The van der Waals surface area contributed by atoms with Gasteiger partial charge in [-0.3, -0.25) is 0 Å². The maximum absolute atomic E-state index is 6.17. The number of morpholine rings is 1. The standard InChI is InChI=1S/C18H21N5O/c1-3-15-9-17(23-18(21-15)19-12-20-23)22-10-13(2)24-16(11-22)14-7-5-4-6-8-14/h4-9,12-13,16H,3,10-11H2,1-2H3. The molecule has 0 amide bonds. The molecule has 2 unspecified atom stereocenters. The molecule has 0 N–H and O–H groups in total. The molecule has 124 valence electrons. The van der Waals surface area contributed by atoms with Gasteiger partial charge in [-0.05, 0) is 18.9 Å². The second-order valence-electron chi connectivity index (χ2n) is 6.18. The van der Waals surface area contributed by atoms with Gasteiger partial charge in [0, 0.05) is 24.8 Å². The van der Waals surface area contributed by atoms with E-state index >= 15 is 0 Å². The Balaban J connectivity index is 1.72. The molecule has 3 heterocycles. The van der Waals surface area contributed by atoms with Gasteiger partial charge in [0.05, 0.1) is 6.10 Å². The molecule has 2 atom stereocenters. The largest absolute Gasteiger partial charge is 0.367 e. The SMILES string of the molecule is CCc1cc(N2CC(C)OC(c3ccccc3)C2)n2ncnc2n1. The van der Waals surface area contributed by atoms with Crippen molar-refractivity contribution in [2.75, 3.05) is 18.0 Å². The van der Waals surface area contributed by atoms with E-state index in [0.717, 1.165) is 31.0 Å². The van der Waals surface area contributed by atoms with E-state index < -0.39 is 0 Å². The molecule has 3 aromatic rings. The first-order chi connectivity index (χ1) is 11.7. The highest BCUT2D eigenvalue weighted by molar-refractivity contribution is 5.48. The summed E-state index contributed by atoms with van der Waals surface area (Å²) in [5.41, 5.74) is 2.23. The van der Waals surface area contributed by atoms with Crippen molar-refractivity contribution in [1.29, 1.82) is 0 Å². The minimum atomic E-state index is 0.0479. The summed E-state index contributed by atoms with van der Waals surface area (Å²) in [6, 6.07) is 12.5. The molecule has 1 aliphatic rings. The fourth-order valence-electron chi connectivity index (χ4n) is 3.24. The van der Waals surface area contributed by atoms with Crippen molar-refractivity contribution >= 4 is 11.6 Å². The van der Waals surface area contributed by atoms with Gasteiger partial charge in [-0.15, -0.1) is 0 Å². The van der Waals surface area contributed by atoms with Crippen molar-refractivity contribution in [3.63, 3.8) is 0 Å². The lowest BCUT2D eigenvalue weighted by atomic mass is 10.1. The summed E-state index contributed by atoms with van der Waals surface area (Å²) in [6.45, 7) is 5.83. The molecule has 0 bridgehead atoms. The van der Waals surface area contributed by atoms with Crippen LogP contribution in [0, 0.1) is 0 Å². The Morgan fingerprint density at radius 1 is 1.21 bits per heavy atom. The summed E-state index contributed by atoms with van der Waals surface area (Å²) in [4.78, 5) is 11.1. The fraction of sp³-hybridized carbons (Fsp3) is 0.389. The predicted octanol–water partition coefficient (Wildman–Crippen LogP) is 2.65. The highest BCUT2D eigenvalue weighted by atomic mass is 16.5. The summed E-state index contributed by atoms with van der Waals surface area (Å²) in [7, 11) is 0. The van der Waals surface area contributed by atoms with Gasteiger partial charge in [-0.2, -0.15) is 14.6 Å². The van der Waals surface area contributed by atoms with Crippen molar-refractivity contribution in [2.45, 2.75) is 32.5 Å². The van der Waals surface area contributed by atoms with Crippen LogP contribution >= 0.6 is 0 Å². The second kappa shape index (κ2) is 6.20. The Hall–Kier alpha value is -2.47. The molecular weight excluding hydrogens is 302 g/mol. The van der Waals surface area contributed by atoms with Crippen molar-refractivity contribution in [2.24, 2.45) is 0 Å². The molecule has 1 fully saturated rings. The van der Waals surface area contributed by atoms with Crippen LogP contribution < -0.4 is 4.90 Å². The van der Waals surface area contributed by atoms with Gasteiger partial charge in [0.2, 0.25) is 0 Å². The number of benzene rings is 1. The first kappa shape index (κ1) is 15.1. The van der Waals surface area contributed by atoms with E-state index in [9.17, 15) is 0 Å². The van der Waals surface area contributed by atoms with Gasteiger partial charge in [0.15, 0.2) is 0 Å². The smallest absolute Gasteiger partial charge is 0.254 e. The molecule has 0 radical (unpaired) electrons. The van der Waals surface area contributed by atoms with Gasteiger partial charge in [0.1, 0.15) is 18.2 Å².